The quantitative estimate of drug-likeness (QED) is 0.731. The SMILES string of the molecule is CSCCC(C)NS(=O)(=O)c1ccc(CNC2CC2)cc1. The first-order valence-electron chi connectivity index (χ1n) is 7.35. The Morgan fingerprint density at radius 1 is 1.29 bits per heavy atom. The lowest BCUT2D eigenvalue weighted by Crippen LogP contribution is -2.33. The van der Waals surface area contributed by atoms with Crippen molar-refractivity contribution in [3.8, 4) is 0 Å². The summed E-state index contributed by atoms with van der Waals surface area (Å²) in [4.78, 5) is 0.341. The van der Waals surface area contributed by atoms with Crippen LogP contribution in [0.1, 0.15) is 31.7 Å². The van der Waals surface area contributed by atoms with Crippen molar-refractivity contribution in [2.45, 2.75) is 49.7 Å². The summed E-state index contributed by atoms with van der Waals surface area (Å²) in [5.74, 6) is 0.954. The first kappa shape index (κ1) is 16.8. The van der Waals surface area contributed by atoms with E-state index in [4.69, 9.17) is 0 Å². The molecule has 1 fully saturated rings. The minimum absolute atomic E-state index is 0.0429. The Bertz CT molecular complexity index is 539. The van der Waals surface area contributed by atoms with Crippen LogP contribution in [-0.4, -0.2) is 32.5 Å². The van der Waals surface area contributed by atoms with E-state index < -0.39 is 10.0 Å². The molecule has 4 nitrogen and oxygen atoms in total. The summed E-state index contributed by atoms with van der Waals surface area (Å²) in [6.07, 6.45) is 5.37. The predicted octanol–water partition coefficient (Wildman–Crippen LogP) is 2.36. The van der Waals surface area contributed by atoms with Gasteiger partial charge in [0.05, 0.1) is 4.90 Å². The summed E-state index contributed by atoms with van der Waals surface area (Å²) in [6, 6.07) is 7.76. The zero-order chi connectivity index (χ0) is 15.3. The van der Waals surface area contributed by atoms with Gasteiger partial charge in [-0.15, -0.1) is 0 Å². The van der Waals surface area contributed by atoms with Crippen molar-refractivity contribution in [2.24, 2.45) is 0 Å². The van der Waals surface area contributed by atoms with Crippen LogP contribution >= 0.6 is 11.8 Å². The van der Waals surface area contributed by atoms with E-state index in [2.05, 4.69) is 10.0 Å². The van der Waals surface area contributed by atoms with Crippen LogP contribution < -0.4 is 10.0 Å². The van der Waals surface area contributed by atoms with Crippen molar-refractivity contribution in [3.05, 3.63) is 29.8 Å². The third-order valence-electron chi connectivity index (χ3n) is 3.52. The van der Waals surface area contributed by atoms with E-state index in [1.165, 1.54) is 12.8 Å². The Morgan fingerprint density at radius 2 is 1.95 bits per heavy atom. The second-order valence-corrected chi connectivity index (χ2v) is 8.30. The van der Waals surface area contributed by atoms with Gasteiger partial charge in [-0.05, 0) is 55.9 Å². The minimum atomic E-state index is -3.41. The lowest BCUT2D eigenvalue weighted by atomic mass is 10.2. The minimum Gasteiger partial charge on any atom is -0.310 e. The van der Waals surface area contributed by atoms with Crippen LogP contribution in [-0.2, 0) is 16.6 Å². The van der Waals surface area contributed by atoms with E-state index in [0.717, 1.165) is 24.3 Å². The fraction of sp³-hybridized carbons (Fsp3) is 0.600. The first-order chi connectivity index (χ1) is 10.0. The van der Waals surface area contributed by atoms with Crippen molar-refractivity contribution < 1.29 is 8.42 Å². The molecule has 1 saturated carbocycles. The first-order valence-corrected chi connectivity index (χ1v) is 10.2. The Labute approximate surface area is 132 Å². The molecule has 118 valence electrons. The second-order valence-electron chi connectivity index (χ2n) is 5.60. The van der Waals surface area contributed by atoms with Crippen molar-refractivity contribution in [1.29, 1.82) is 0 Å². The van der Waals surface area contributed by atoms with E-state index in [9.17, 15) is 8.42 Å². The fourth-order valence-electron chi connectivity index (χ4n) is 2.02. The van der Waals surface area contributed by atoms with Crippen LogP contribution in [0.15, 0.2) is 29.2 Å². The molecular weight excluding hydrogens is 304 g/mol. The van der Waals surface area contributed by atoms with E-state index in [1.807, 2.05) is 25.3 Å². The molecule has 1 aromatic rings. The lowest BCUT2D eigenvalue weighted by Gasteiger charge is -2.14. The highest BCUT2D eigenvalue weighted by atomic mass is 32.2. The molecule has 0 heterocycles. The Kier molecular flexibility index (Phi) is 6.10. The summed E-state index contributed by atoms with van der Waals surface area (Å²) in [6.45, 7) is 2.71. The van der Waals surface area contributed by atoms with E-state index in [1.54, 1.807) is 23.9 Å². The van der Waals surface area contributed by atoms with Crippen molar-refractivity contribution in [3.63, 3.8) is 0 Å². The summed E-state index contributed by atoms with van der Waals surface area (Å²) >= 11 is 1.72. The molecular formula is C15H24N2O2S2. The lowest BCUT2D eigenvalue weighted by molar-refractivity contribution is 0.557. The number of nitrogens with one attached hydrogen (secondary N) is 2. The van der Waals surface area contributed by atoms with Gasteiger partial charge >= 0.3 is 0 Å². The molecule has 0 saturated heterocycles. The van der Waals surface area contributed by atoms with Gasteiger partial charge < -0.3 is 5.32 Å². The second kappa shape index (κ2) is 7.63. The van der Waals surface area contributed by atoms with Crippen LogP contribution in [0.3, 0.4) is 0 Å². The summed E-state index contributed by atoms with van der Waals surface area (Å²) < 4.78 is 27.2. The Morgan fingerprint density at radius 3 is 2.52 bits per heavy atom. The van der Waals surface area contributed by atoms with Crippen molar-refractivity contribution in [1.82, 2.24) is 10.0 Å². The molecule has 1 unspecified atom stereocenters. The Balaban J connectivity index is 1.92. The molecule has 0 bridgehead atoms. The van der Waals surface area contributed by atoms with Crippen LogP contribution in [0.25, 0.3) is 0 Å². The highest BCUT2D eigenvalue weighted by molar-refractivity contribution is 7.98. The molecule has 0 amide bonds. The average Bonchev–Trinajstić information content (AvgIpc) is 3.27. The highest BCUT2D eigenvalue weighted by Crippen LogP contribution is 2.19. The number of thioether (sulfide) groups is 1. The largest absolute Gasteiger partial charge is 0.310 e. The maximum atomic E-state index is 12.3. The standard InChI is InChI=1S/C15H24N2O2S2/c1-12(9-10-20-2)17-21(18,19)15-7-3-13(4-8-15)11-16-14-5-6-14/h3-4,7-8,12,14,16-17H,5-6,9-11H2,1-2H3. The third kappa shape index (κ3) is 5.62. The summed E-state index contributed by atoms with van der Waals surface area (Å²) in [7, 11) is -3.41. The molecule has 0 aliphatic heterocycles. The molecule has 1 aromatic carbocycles. The van der Waals surface area contributed by atoms with Crippen LogP contribution in [0.4, 0.5) is 0 Å². The Hall–Kier alpha value is -0.560. The van der Waals surface area contributed by atoms with Gasteiger partial charge in [-0.25, -0.2) is 13.1 Å². The molecule has 1 aliphatic rings. The van der Waals surface area contributed by atoms with Gasteiger partial charge in [0.2, 0.25) is 10.0 Å². The van der Waals surface area contributed by atoms with Gasteiger partial charge in [0.25, 0.3) is 0 Å². The van der Waals surface area contributed by atoms with Gasteiger partial charge in [0, 0.05) is 18.6 Å². The van der Waals surface area contributed by atoms with E-state index in [-0.39, 0.29) is 6.04 Å². The zero-order valence-electron chi connectivity index (χ0n) is 12.6. The highest BCUT2D eigenvalue weighted by Gasteiger charge is 2.20. The maximum Gasteiger partial charge on any atom is 0.240 e. The molecule has 0 radical (unpaired) electrons. The monoisotopic (exact) mass is 328 g/mol. The normalized spacial score (nSPS) is 16.9. The molecule has 2 rings (SSSR count). The van der Waals surface area contributed by atoms with Gasteiger partial charge in [0.1, 0.15) is 0 Å². The van der Waals surface area contributed by atoms with Gasteiger partial charge in [0.15, 0.2) is 0 Å². The van der Waals surface area contributed by atoms with Gasteiger partial charge in [-0.1, -0.05) is 12.1 Å². The smallest absolute Gasteiger partial charge is 0.240 e. The molecule has 0 aromatic heterocycles. The van der Waals surface area contributed by atoms with Crippen molar-refractivity contribution >= 4 is 21.8 Å². The maximum absolute atomic E-state index is 12.3. The van der Waals surface area contributed by atoms with E-state index in [0.29, 0.717) is 10.9 Å². The number of benzene rings is 1. The van der Waals surface area contributed by atoms with Crippen LogP contribution in [0, 0.1) is 0 Å². The van der Waals surface area contributed by atoms with Crippen LogP contribution in [0.2, 0.25) is 0 Å². The average molecular weight is 329 g/mol. The number of rotatable bonds is 9. The molecule has 6 heteroatoms. The molecule has 1 atom stereocenters. The summed E-state index contributed by atoms with van der Waals surface area (Å²) in [5.41, 5.74) is 1.12. The predicted molar refractivity (Wildman–Crippen MR) is 89.1 cm³/mol. The van der Waals surface area contributed by atoms with Gasteiger partial charge in [-0.2, -0.15) is 11.8 Å². The molecule has 0 spiro atoms. The van der Waals surface area contributed by atoms with Crippen molar-refractivity contribution in [2.75, 3.05) is 12.0 Å². The van der Waals surface area contributed by atoms with Crippen LogP contribution in [0.5, 0.6) is 0 Å². The molecule has 21 heavy (non-hydrogen) atoms. The number of hydrogen-bond acceptors (Lipinski definition) is 4. The summed E-state index contributed by atoms with van der Waals surface area (Å²) in [5, 5.41) is 3.42. The third-order valence-corrected chi connectivity index (χ3v) is 5.77. The fourth-order valence-corrected chi connectivity index (χ4v) is 3.89. The molecule has 2 N–H and O–H groups in total. The van der Waals surface area contributed by atoms with Gasteiger partial charge in [-0.3, -0.25) is 0 Å². The number of hydrogen-bond donors (Lipinski definition) is 2. The topological polar surface area (TPSA) is 58.2 Å². The molecule has 1 aliphatic carbocycles. The number of sulfonamides is 1. The zero-order valence-corrected chi connectivity index (χ0v) is 14.3. The van der Waals surface area contributed by atoms with E-state index >= 15 is 0 Å².